The Balaban J connectivity index is 1.85. The lowest BCUT2D eigenvalue weighted by Gasteiger charge is -2.11. The summed E-state index contributed by atoms with van der Waals surface area (Å²) in [7, 11) is 1.28. The standard InChI is InChI=1S/C20H17ClN4O3/c1-12-22-17(11-18(23-12)24-14-7-5-6-13(21)10-14)19(26)25-16-9-4-3-8-15(16)20(27)28-2/h3-11H,1-2H3,(H,25,26)(H,22,23,24). The van der Waals surface area contributed by atoms with E-state index in [0.29, 0.717) is 22.4 Å². The molecule has 3 aromatic rings. The Morgan fingerprint density at radius 1 is 1.04 bits per heavy atom. The first kappa shape index (κ1) is 19.3. The van der Waals surface area contributed by atoms with Crippen molar-refractivity contribution in [2.24, 2.45) is 0 Å². The van der Waals surface area contributed by atoms with Gasteiger partial charge in [0.1, 0.15) is 17.3 Å². The Hall–Kier alpha value is -3.45. The number of methoxy groups -OCH3 is 1. The van der Waals surface area contributed by atoms with Gasteiger partial charge in [0.05, 0.1) is 18.4 Å². The second-order valence-corrected chi connectivity index (χ2v) is 6.25. The largest absolute Gasteiger partial charge is 0.465 e. The van der Waals surface area contributed by atoms with Gasteiger partial charge in [-0.2, -0.15) is 0 Å². The van der Waals surface area contributed by atoms with Crippen molar-refractivity contribution in [3.05, 3.63) is 76.7 Å². The van der Waals surface area contributed by atoms with Crippen molar-refractivity contribution in [1.82, 2.24) is 9.97 Å². The van der Waals surface area contributed by atoms with Crippen molar-refractivity contribution < 1.29 is 14.3 Å². The predicted octanol–water partition coefficient (Wildman–Crippen LogP) is 4.22. The lowest BCUT2D eigenvalue weighted by molar-refractivity contribution is 0.0602. The number of aromatic nitrogens is 2. The summed E-state index contributed by atoms with van der Waals surface area (Å²) < 4.78 is 4.74. The van der Waals surface area contributed by atoms with E-state index < -0.39 is 11.9 Å². The van der Waals surface area contributed by atoms with Crippen LogP contribution in [0.25, 0.3) is 0 Å². The minimum Gasteiger partial charge on any atom is -0.465 e. The number of carbonyl (C=O) groups excluding carboxylic acids is 2. The van der Waals surface area contributed by atoms with Gasteiger partial charge in [0.25, 0.3) is 5.91 Å². The van der Waals surface area contributed by atoms with Gasteiger partial charge >= 0.3 is 5.97 Å². The number of halogens is 1. The number of nitrogens with one attached hydrogen (secondary N) is 2. The van der Waals surface area contributed by atoms with Gasteiger partial charge in [0.2, 0.25) is 0 Å². The van der Waals surface area contributed by atoms with E-state index >= 15 is 0 Å². The number of ether oxygens (including phenoxy) is 1. The molecule has 142 valence electrons. The summed E-state index contributed by atoms with van der Waals surface area (Å²) in [5.74, 6) is -0.159. The summed E-state index contributed by atoms with van der Waals surface area (Å²) in [5.41, 5.74) is 1.46. The molecule has 7 nitrogen and oxygen atoms in total. The maximum atomic E-state index is 12.7. The molecule has 28 heavy (non-hydrogen) atoms. The number of hydrogen-bond donors (Lipinski definition) is 2. The van der Waals surface area contributed by atoms with E-state index in [1.807, 2.05) is 6.07 Å². The van der Waals surface area contributed by atoms with Gasteiger partial charge in [0, 0.05) is 16.8 Å². The summed E-state index contributed by atoms with van der Waals surface area (Å²) in [5, 5.41) is 6.36. The van der Waals surface area contributed by atoms with Crippen LogP contribution in [-0.4, -0.2) is 29.0 Å². The second kappa shape index (κ2) is 8.49. The van der Waals surface area contributed by atoms with Gasteiger partial charge in [-0.25, -0.2) is 14.8 Å². The number of anilines is 3. The molecule has 3 rings (SSSR count). The summed E-state index contributed by atoms with van der Waals surface area (Å²) in [6, 6.07) is 15.2. The molecule has 1 aromatic heterocycles. The summed E-state index contributed by atoms with van der Waals surface area (Å²) in [6.45, 7) is 1.68. The maximum absolute atomic E-state index is 12.7. The molecule has 2 N–H and O–H groups in total. The number of amides is 1. The molecule has 0 saturated heterocycles. The Kier molecular flexibility index (Phi) is 5.86. The molecule has 1 amide bonds. The smallest absolute Gasteiger partial charge is 0.339 e. The third-order valence-corrected chi connectivity index (χ3v) is 3.98. The zero-order chi connectivity index (χ0) is 20.1. The Bertz CT molecular complexity index is 1040. The number of benzene rings is 2. The maximum Gasteiger partial charge on any atom is 0.339 e. The van der Waals surface area contributed by atoms with Crippen molar-refractivity contribution in [3.63, 3.8) is 0 Å². The van der Waals surface area contributed by atoms with Gasteiger partial charge in [-0.1, -0.05) is 29.8 Å². The predicted molar refractivity (Wildman–Crippen MR) is 107 cm³/mol. The van der Waals surface area contributed by atoms with Crippen LogP contribution in [0.1, 0.15) is 26.7 Å². The highest BCUT2D eigenvalue weighted by Gasteiger charge is 2.16. The van der Waals surface area contributed by atoms with Crippen molar-refractivity contribution in [3.8, 4) is 0 Å². The molecular weight excluding hydrogens is 380 g/mol. The third-order valence-electron chi connectivity index (χ3n) is 3.75. The average Bonchev–Trinajstić information content (AvgIpc) is 2.67. The number of aryl methyl sites for hydroxylation is 1. The topological polar surface area (TPSA) is 93.2 Å². The fraction of sp³-hybridized carbons (Fsp3) is 0.100. The highest BCUT2D eigenvalue weighted by Crippen LogP contribution is 2.21. The molecule has 2 aromatic carbocycles. The van der Waals surface area contributed by atoms with Crippen molar-refractivity contribution >= 4 is 40.7 Å². The molecule has 0 spiro atoms. The lowest BCUT2D eigenvalue weighted by Crippen LogP contribution is -2.17. The first-order valence-corrected chi connectivity index (χ1v) is 8.71. The van der Waals surface area contributed by atoms with E-state index in [4.69, 9.17) is 16.3 Å². The second-order valence-electron chi connectivity index (χ2n) is 5.81. The van der Waals surface area contributed by atoms with E-state index in [-0.39, 0.29) is 11.3 Å². The Labute approximate surface area is 166 Å². The molecule has 1 heterocycles. The quantitative estimate of drug-likeness (QED) is 0.627. The minimum absolute atomic E-state index is 0.150. The molecule has 0 aliphatic heterocycles. The highest BCUT2D eigenvalue weighted by atomic mass is 35.5. The number of esters is 1. The number of rotatable bonds is 5. The van der Waals surface area contributed by atoms with Crippen LogP contribution < -0.4 is 10.6 Å². The first-order chi connectivity index (χ1) is 13.5. The van der Waals surface area contributed by atoms with Crippen LogP contribution in [0.5, 0.6) is 0 Å². The summed E-state index contributed by atoms with van der Waals surface area (Å²) in [4.78, 5) is 33.0. The van der Waals surface area contributed by atoms with Crippen molar-refractivity contribution in [2.75, 3.05) is 17.7 Å². The van der Waals surface area contributed by atoms with Crippen molar-refractivity contribution in [1.29, 1.82) is 0 Å². The van der Waals surface area contributed by atoms with E-state index in [1.54, 1.807) is 49.4 Å². The van der Waals surface area contributed by atoms with Gasteiger partial charge in [-0.05, 0) is 37.3 Å². The Morgan fingerprint density at radius 3 is 2.57 bits per heavy atom. The molecule has 0 unspecified atom stereocenters. The summed E-state index contributed by atoms with van der Waals surface area (Å²) >= 11 is 5.99. The number of hydrogen-bond acceptors (Lipinski definition) is 6. The highest BCUT2D eigenvalue weighted by molar-refractivity contribution is 6.30. The zero-order valence-corrected chi connectivity index (χ0v) is 15.9. The molecule has 0 aliphatic rings. The normalized spacial score (nSPS) is 10.2. The van der Waals surface area contributed by atoms with Crippen LogP contribution in [0.15, 0.2) is 54.6 Å². The number of para-hydroxylation sites is 1. The zero-order valence-electron chi connectivity index (χ0n) is 15.2. The monoisotopic (exact) mass is 396 g/mol. The molecular formula is C20H17ClN4O3. The van der Waals surface area contributed by atoms with E-state index in [1.165, 1.54) is 13.2 Å². The van der Waals surface area contributed by atoms with E-state index in [2.05, 4.69) is 20.6 Å². The average molecular weight is 397 g/mol. The van der Waals surface area contributed by atoms with Gasteiger partial charge in [-0.15, -0.1) is 0 Å². The lowest BCUT2D eigenvalue weighted by atomic mass is 10.1. The molecule has 0 aliphatic carbocycles. The van der Waals surface area contributed by atoms with Gasteiger partial charge in [-0.3, -0.25) is 4.79 Å². The Morgan fingerprint density at radius 2 is 1.82 bits per heavy atom. The molecule has 0 bridgehead atoms. The van der Waals surface area contributed by atoms with Crippen LogP contribution in [0.4, 0.5) is 17.2 Å². The number of carbonyl (C=O) groups is 2. The molecule has 0 fully saturated rings. The fourth-order valence-electron chi connectivity index (χ4n) is 2.53. The van der Waals surface area contributed by atoms with E-state index in [9.17, 15) is 9.59 Å². The molecule has 8 heteroatoms. The van der Waals surface area contributed by atoms with Gasteiger partial charge < -0.3 is 15.4 Å². The SMILES string of the molecule is COC(=O)c1ccccc1NC(=O)c1cc(Nc2cccc(Cl)c2)nc(C)n1. The first-order valence-electron chi connectivity index (χ1n) is 8.33. The van der Waals surface area contributed by atoms with E-state index in [0.717, 1.165) is 5.69 Å². The van der Waals surface area contributed by atoms with Crippen LogP contribution in [-0.2, 0) is 4.74 Å². The van der Waals surface area contributed by atoms with Crippen LogP contribution in [0, 0.1) is 6.92 Å². The van der Waals surface area contributed by atoms with Crippen LogP contribution >= 0.6 is 11.6 Å². The van der Waals surface area contributed by atoms with Crippen LogP contribution in [0.3, 0.4) is 0 Å². The van der Waals surface area contributed by atoms with Crippen molar-refractivity contribution in [2.45, 2.75) is 6.92 Å². The third kappa shape index (κ3) is 4.63. The van der Waals surface area contributed by atoms with Crippen LogP contribution in [0.2, 0.25) is 5.02 Å². The fourth-order valence-corrected chi connectivity index (χ4v) is 2.72. The summed E-state index contributed by atoms with van der Waals surface area (Å²) in [6.07, 6.45) is 0. The van der Waals surface area contributed by atoms with Gasteiger partial charge in [0.15, 0.2) is 0 Å². The minimum atomic E-state index is -0.543. The molecule has 0 saturated carbocycles. The molecule has 0 atom stereocenters. The molecule has 0 radical (unpaired) electrons. The number of nitrogens with zero attached hydrogens (tertiary/aromatic N) is 2.